The van der Waals surface area contributed by atoms with Crippen molar-refractivity contribution in [2.24, 2.45) is 0 Å². The van der Waals surface area contributed by atoms with Crippen LogP contribution in [0, 0.1) is 6.92 Å². The van der Waals surface area contributed by atoms with Crippen LogP contribution in [0.5, 0.6) is 0 Å². The molecule has 2 heterocycles. The summed E-state index contributed by atoms with van der Waals surface area (Å²) in [6.45, 7) is 3.77. The number of nitrogens with zero attached hydrogens (tertiary/aromatic N) is 3. The van der Waals surface area contributed by atoms with Crippen molar-refractivity contribution in [3.63, 3.8) is 0 Å². The van der Waals surface area contributed by atoms with Gasteiger partial charge in [-0.05, 0) is 34.5 Å². The van der Waals surface area contributed by atoms with Gasteiger partial charge in [0, 0.05) is 36.2 Å². The van der Waals surface area contributed by atoms with Crippen molar-refractivity contribution in [2.75, 3.05) is 11.9 Å². The maximum Gasteiger partial charge on any atom is 0.126 e. The highest BCUT2D eigenvalue weighted by Crippen LogP contribution is 2.16. The van der Waals surface area contributed by atoms with Gasteiger partial charge in [-0.3, -0.25) is 0 Å². The van der Waals surface area contributed by atoms with Crippen molar-refractivity contribution in [1.82, 2.24) is 14.5 Å². The molecule has 84 valence electrons. The quantitative estimate of drug-likeness (QED) is 0.936. The third-order valence-corrected chi connectivity index (χ3v) is 3.11. The molecule has 0 aliphatic carbocycles. The van der Waals surface area contributed by atoms with Crippen molar-refractivity contribution in [2.45, 2.75) is 13.5 Å². The zero-order valence-corrected chi connectivity index (χ0v) is 10.6. The fourth-order valence-electron chi connectivity index (χ4n) is 1.37. The van der Waals surface area contributed by atoms with Gasteiger partial charge in [0.25, 0.3) is 0 Å². The van der Waals surface area contributed by atoms with Crippen LogP contribution >= 0.6 is 15.9 Å². The molecule has 2 aromatic heterocycles. The van der Waals surface area contributed by atoms with E-state index in [1.165, 1.54) is 5.56 Å². The third kappa shape index (κ3) is 2.82. The molecule has 0 spiro atoms. The van der Waals surface area contributed by atoms with E-state index in [1.54, 1.807) is 6.20 Å². The average Bonchev–Trinajstić information content (AvgIpc) is 2.76. The van der Waals surface area contributed by atoms with Crippen molar-refractivity contribution in [3.05, 3.63) is 41.0 Å². The molecular formula is C11H13BrN4. The van der Waals surface area contributed by atoms with E-state index in [0.29, 0.717) is 0 Å². The monoisotopic (exact) mass is 280 g/mol. The molecule has 0 atom stereocenters. The standard InChI is InChI=1S/C11H13BrN4/c1-9-6-11(15-7-10(9)12)14-3-5-16-4-2-13-8-16/h2,4,6-8H,3,5H2,1H3,(H,14,15). The molecule has 0 aliphatic heterocycles. The lowest BCUT2D eigenvalue weighted by Gasteiger charge is -2.07. The number of aryl methyl sites for hydroxylation is 1. The van der Waals surface area contributed by atoms with Gasteiger partial charge in [-0.15, -0.1) is 0 Å². The molecule has 0 saturated heterocycles. The van der Waals surface area contributed by atoms with E-state index >= 15 is 0 Å². The summed E-state index contributed by atoms with van der Waals surface area (Å²) < 4.78 is 3.06. The van der Waals surface area contributed by atoms with Crippen LogP contribution in [-0.2, 0) is 6.54 Å². The number of aromatic nitrogens is 3. The van der Waals surface area contributed by atoms with Gasteiger partial charge in [0.05, 0.1) is 6.33 Å². The van der Waals surface area contributed by atoms with Crippen molar-refractivity contribution in [1.29, 1.82) is 0 Å². The molecule has 2 aromatic rings. The van der Waals surface area contributed by atoms with E-state index in [0.717, 1.165) is 23.4 Å². The molecule has 16 heavy (non-hydrogen) atoms. The maximum atomic E-state index is 4.28. The fourth-order valence-corrected chi connectivity index (χ4v) is 1.58. The number of halogens is 1. The predicted molar refractivity (Wildman–Crippen MR) is 67.4 cm³/mol. The molecule has 0 radical (unpaired) electrons. The SMILES string of the molecule is Cc1cc(NCCn2ccnc2)ncc1Br. The number of rotatable bonds is 4. The number of imidazole rings is 1. The molecule has 0 amide bonds. The Morgan fingerprint density at radius 2 is 2.38 bits per heavy atom. The predicted octanol–water partition coefficient (Wildman–Crippen LogP) is 2.46. The highest BCUT2D eigenvalue weighted by Gasteiger charge is 1.98. The molecule has 0 fully saturated rings. The van der Waals surface area contributed by atoms with Crippen LogP contribution in [0.1, 0.15) is 5.56 Å². The topological polar surface area (TPSA) is 42.7 Å². The minimum Gasteiger partial charge on any atom is -0.368 e. The molecule has 2 rings (SSSR count). The molecule has 1 N–H and O–H groups in total. The van der Waals surface area contributed by atoms with Gasteiger partial charge in [-0.2, -0.15) is 0 Å². The van der Waals surface area contributed by atoms with Crippen LogP contribution < -0.4 is 5.32 Å². The van der Waals surface area contributed by atoms with Crippen LogP contribution in [0.3, 0.4) is 0 Å². The summed E-state index contributed by atoms with van der Waals surface area (Å²) in [5.74, 6) is 0.904. The first-order valence-electron chi connectivity index (χ1n) is 5.07. The van der Waals surface area contributed by atoms with Crippen LogP contribution in [-0.4, -0.2) is 21.1 Å². The van der Waals surface area contributed by atoms with Gasteiger partial charge >= 0.3 is 0 Å². The molecule has 0 aromatic carbocycles. The van der Waals surface area contributed by atoms with Crippen molar-refractivity contribution in [3.8, 4) is 0 Å². The van der Waals surface area contributed by atoms with Crippen LogP contribution in [0.2, 0.25) is 0 Å². The first kappa shape index (κ1) is 11.1. The molecule has 4 nitrogen and oxygen atoms in total. The Balaban J connectivity index is 1.87. The lowest BCUT2D eigenvalue weighted by atomic mass is 10.3. The summed E-state index contributed by atoms with van der Waals surface area (Å²) in [5.41, 5.74) is 1.18. The summed E-state index contributed by atoms with van der Waals surface area (Å²) in [5, 5.41) is 3.27. The smallest absolute Gasteiger partial charge is 0.126 e. The lowest BCUT2D eigenvalue weighted by molar-refractivity contribution is 0.725. The Morgan fingerprint density at radius 3 is 3.06 bits per heavy atom. The average molecular weight is 281 g/mol. The number of nitrogens with one attached hydrogen (secondary N) is 1. The summed E-state index contributed by atoms with van der Waals surface area (Å²) in [4.78, 5) is 8.26. The van der Waals surface area contributed by atoms with Gasteiger partial charge in [0.15, 0.2) is 0 Å². The first-order chi connectivity index (χ1) is 7.75. The summed E-state index contributed by atoms with van der Waals surface area (Å²) >= 11 is 3.43. The highest BCUT2D eigenvalue weighted by atomic mass is 79.9. The second-order valence-electron chi connectivity index (χ2n) is 3.55. The Morgan fingerprint density at radius 1 is 1.50 bits per heavy atom. The molecule has 0 bridgehead atoms. The Labute approximate surface area is 103 Å². The van der Waals surface area contributed by atoms with E-state index in [2.05, 4.69) is 31.2 Å². The number of hydrogen-bond donors (Lipinski definition) is 1. The minimum absolute atomic E-state index is 0.838. The zero-order chi connectivity index (χ0) is 11.4. The van der Waals surface area contributed by atoms with Gasteiger partial charge in [-0.25, -0.2) is 9.97 Å². The lowest BCUT2D eigenvalue weighted by Crippen LogP contribution is -2.10. The summed E-state index contributed by atoms with van der Waals surface area (Å²) in [6, 6.07) is 2.03. The second kappa shape index (κ2) is 5.12. The number of pyridine rings is 1. The molecule has 0 aliphatic rings. The van der Waals surface area contributed by atoms with E-state index in [4.69, 9.17) is 0 Å². The maximum absolute atomic E-state index is 4.28. The van der Waals surface area contributed by atoms with E-state index in [1.807, 2.05) is 36.3 Å². The van der Waals surface area contributed by atoms with Gasteiger partial charge in [0.1, 0.15) is 5.82 Å². The molecule has 5 heteroatoms. The molecule has 0 unspecified atom stereocenters. The Kier molecular flexibility index (Phi) is 3.56. The van der Waals surface area contributed by atoms with Crippen LogP contribution in [0.15, 0.2) is 35.5 Å². The molecule has 0 saturated carbocycles. The van der Waals surface area contributed by atoms with Crippen molar-refractivity contribution >= 4 is 21.7 Å². The third-order valence-electron chi connectivity index (χ3n) is 2.28. The van der Waals surface area contributed by atoms with Gasteiger partial charge in [0.2, 0.25) is 0 Å². The first-order valence-corrected chi connectivity index (χ1v) is 5.87. The molecular weight excluding hydrogens is 268 g/mol. The van der Waals surface area contributed by atoms with Crippen LogP contribution in [0.25, 0.3) is 0 Å². The van der Waals surface area contributed by atoms with E-state index in [9.17, 15) is 0 Å². The normalized spacial score (nSPS) is 10.4. The van der Waals surface area contributed by atoms with Gasteiger partial charge in [-0.1, -0.05) is 0 Å². The number of anilines is 1. The number of hydrogen-bond acceptors (Lipinski definition) is 3. The van der Waals surface area contributed by atoms with E-state index in [-0.39, 0.29) is 0 Å². The summed E-state index contributed by atoms with van der Waals surface area (Å²) in [7, 11) is 0. The Bertz CT molecular complexity index is 453. The van der Waals surface area contributed by atoms with E-state index < -0.39 is 0 Å². The highest BCUT2D eigenvalue weighted by molar-refractivity contribution is 9.10. The zero-order valence-electron chi connectivity index (χ0n) is 9.02. The van der Waals surface area contributed by atoms with Gasteiger partial charge < -0.3 is 9.88 Å². The Hall–Kier alpha value is -1.36. The van der Waals surface area contributed by atoms with Crippen LogP contribution in [0.4, 0.5) is 5.82 Å². The minimum atomic E-state index is 0.838. The summed E-state index contributed by atoms with van der Waals surface area (Å²) in [6.07, 6.45) is 7.35. The largest absolute Gasteiger partial charge is 0.368 e. The second-order valence-corrected chi connectivity index (χ2v) is 4.40. The van der Waals surface area contributed by atoms with Crippen molar-refractivity contribution < 1.29 is 0 Å². The fraction of sp³-hybridized carbons (Fsp3) is 0.273.